The van der Waals surface area contributed by atoms with Gasteiger partial charge in [-0.3, -0.25) is 0 Å². The predicted octanol–water partition coefficient (Wildman–Crippen LogP) is -0.132. The van der Waals surface area contributed by atoms with Gasteiger partial charge in [0.25, 0.3) is 10.2 Å². The molecule has 2 heterocycles. The Labute approximate surface area is 98.0 Å². The summed E-state index contributed by atoms with van der Waals surface area (Å²) >= 11 is 0. The zero-order valence-corrected chi connectivity index (χ0v) is 10.7. The Bertz CT molecular complexity index is 325. The van der Waals surface area contributed by atoms with Crippen LogP contribution in [0.1, 0.15) is 19.3 Å². The van der Waals surface area contributed by atoms with Crippen molar-refractivity contribution in [1.29, 1.82) is 0 Å². The first kappa shape index (κ1) is 12.3. The molecule has 0 aliphatic carbocycles. The van der Waals surface area contributed by atoms with Crippen molar-refractivity contribution in [2.24, 2.45) is 5.92 Å². The van der Waals surface area contributed by atoms with Gasteiger partial charge in [0.1, 0.15) is 0 Å². The molecule has 16 heavy (non-hydrogen) atoms. The molecule has 0 atom stereocenters. The number of nitrogens with one attached hydrogen (secondary N) is 1. The minimum Gasteiger partial charge on any atom is -0.317 e. The summed E-state index contributed by atoms with van der Waals surface area (Å²) in [5.74, 6) is 0.697. The van der Waals surface area contributed by atoms with E-state index in [-0.39, 0.29) is 0 Å². The summed E-state index contributed by atoms with van der Waals surface area (Å²) in [5, 5.41) is 3.33. The van der Waals surface area contributed by atoms with Gasteiger partial charge >= 0.3 is 0 Å². The number of likely N-dealkylation sites (N-methyl/N-ethyl adjacent to an activating group) is 1. The van der Waals surface area contributed by atoms with Crippen LogP contribution >= 0.6 is 0 Å². The standard InChI is InChI=1S/C10H21N3O2S/c1-12-8-9-13(16(12,14)15)7-4-10-2-5-11-6-3-10/h10-11H,2-9H2,1H3. The average molecular weight is 247 g/mol. The Morgan fingerprint density at radius 3 is 2.50 bits per heavy atom. The van der Waals surface area contributed by atoms with Gasteiger partial charge < -0.3 is 5.32 Å². The number of hydrogen-bond acceptors (Lipinski definition) is 3. The van der Waals surface area contributed by atoms with Gasteiger partial charge in [0.15, 0.2) is 0 Å². The van der Waals surface area contributed by atoms with E-state index in [1.54, 1.807) is 11.4 Å². The van der Waals surface area contributed by atoms with Crippen LogP contribution in [-0.4, -0.2) is 56.8 Å². The Hall–Kier alpha value is -0.170. The van der Waals surface area contributed by atoms with E-state index in [9.17, 15) is 8.42 Å². The third kappa shape index (κ3) is 2.56. The summed E-state index contributed by atoms with van der Waals surface area (Å²) in [5.41, 5.74) is 0. The van der Waals surface area contributed by atoms with E-state index < -0.39 is 10.2 Å². The van der Waals surface area contributed by atoms with Crippen LogP contribution in [0, 0.1) is 5.92 Å². The van der Waals surface area contributed by atoms with Gasteiger partial charge in [-0.1, -0.05) is 0 Å². The van der Waals surface area contributed by atoms with Crippen LogP contribution in [0.15, 0.2) is 0 Å². The van der Waals surface area contributed by atoms with E-state index in [4.69, 9.17) is 0 Å². The molecule has 0 amide bonds. The largest absolute Gasteiger partial charge is 0.317 e. The summed E-state index contributed by atoms with van der Waals surface area (Å²) in [6.07, 6.45) is 3.38. The van der Waals surface area contributed by atoms with Gasteiger partial charge in [-0.05, 0) is 38.3 Å². The second kappa shape index (κ2) is 5.00. The second-order valence-electron chi connectivity index (χ2n) is 4.71. The van der Waals surface area contributed by atoms with E-state index in [0.29, 0.717) is 25.6 Å². The van der Waals surface area contributed by atoms with Crippen molar-refractivity contribution in [2.75, 3.05) is 39.8 Å². The minimum atomic E-state index is -3.12. The maximum atomic E-state index is 11.8. The summed E-state index contributed by atoms with van der Waals surface area (Å²) in [6, 6.07) is 0. The minimum absolute atomic E-state index is 0.633. The average Bonchev–Trinajstić information content (AvgIpc) is 2.53. The second-order valence-corrected chi connectivity index (χ2v) is 6.75. The number of piperidine rings is 1. The monoisotopic (exact) mass is 247 g/mol. The fourth-order valence-electron chi connectivity index (χ4n) is 2.40. The molecule has 2 rings (SSSR count). The molecule has 94 valence electrons. The highest BCUT2D eigenvalue weighted by Gasteiger charge is 2.33. The Morgan fingerprint density at radius 1 is 1.25 bits per heavy atom. The Balaban J connectivity index is 1.82. The van der Waals surface area contributed by atoms with E-state index in [0.717, 1.165) is 19.5 Å². The summed E-state index contributed by atoms with van der Waals surface area (Å²) < 4.78 is 26.7. The van der Waals surface area contributed by atoms with Crippen molar-refractivity contribution >= 4 is 10.2 Å². The summed E-state index contributed by atoms with van der Waals surface area (Å²) in [6.45, 7) is 4.14. The highest BCUT2D eigenvalue weighted by molar-refractivity contribution is 7.87. The van der Waals surface area contributed by atoms with Crippen LogP contribution in [0.3, 0.4) is 0 Å². The third-order valence-electron chi connectivity index (χ3n) is 3.63. The van der Waals surface area contributed by atoms with Crippen molar-refractivity contribution in [1.82, 2.24) is 13.9 Å². The summed E-state index contributed by atoms with van der Waals surface area (Å²) in [4.78, 5) is 0. The fourth-order valence-corrected chi connectivity index (χ4v) is 3.76. The van der Waals surface area contributed by atoms with E-state index in [2.05, 4.69) is 5.32 Å². The predicted molar refractivity (Wildman–Crippen MR) is 63.3 cm³/mol. The van der Waals surface area contributed by atoms with Crippen molar-refractivity contribution in [3.05, 3.63) is 0 Å². The number of rotatable bonds is 3. The van der Waals surface area contributed by atoms with Crippen LogP contribution in [-0.2, 0) is 10.2 Å². The maximum absolute atomic E-state index is 11.8. The molecule has 6 heteroatoms. The molecular weight excluding hydrogens is 226 g/mol. The quantitative estimate of drug-likeness (QED) is 0.756. The van der Waals surface area contributed by atoms with Crippen molar-refractivity contribution in [2.45, 2.75) is 19.3 Å². The topological polar surface area (TPSA) is 52.6 Å². The molecule has 2 aliphatic heterocycles. The molecule has 0 bridgehead atoms. The lowest BCUT2D eigenvalue weighted by Gasteiger charge is -2.24. The normalized spacial score (nSPS) is 28.6. The highest BCUT2D eigenvalue weighted by Crippen LogP contribution is 2.20. The number of nitrogens with zero attached hydrogens (tertiary/aromatic N) is 2. The molecule has 0 aromatic rings. The van der Waals surface area contributed by atoms with Gasteiger partial charge in [-0.2, -0.15) is 17.0 Å². The third-order valence-corrected chi connectivity index (χ3v) is 5.62. The van der Waals surface area contributed by atoms with Crippen LogP contribution < -0.4 is 5.32 Å². The molecule has 0 radical (unpaired) electrons. The van der Waals surface area contributed by atoms with Crippen LogP contribution in [0.5, 0.6) is 0 Å². The molecule has 0 saturated carbocycles. The molecule has 1 N–H and O–H groups in total. The van der Waals surface area contributed by atoms with E-state index in [1.807, 2.05) is 0 Å². The molecule has 0 spiro atoms. The zero-order chi connectivity index (χ0) is 11.6. The fraction of sp³-hybridized carbons (Fsp3) is 1.00. The Morgan fingerprint density at radius 2 is 1.94 bits per heavy atom. The summed E-state index contributed by atoms with van der Waals surface area (Å²) in [7, 11) is -1.46. The SMILES string of the molecule is CN1CCN(CCC2CCNCC2)S1(=O)=O. The lowest BCUT2D eigenvalue weighted by Crippen LogP contribution is -2.34. The number of hydrogen-bond donors (Lipinski definition) is 1. The van der Waals surface area contributed by atoms with Gasteiger partial charge in [0.05, 0.1) is 0 Å². The van der Waals surface area contributed by atoms with E-state index >= 15 is 0 Å². The molecule has 2 fully saturated rings. The molecule has 0 unspecified atom stereocenters. The van der Waals surface area contributed by atoms with Crippen molar-refractivity contribution in [3.8, 4) is 0 Å². The molecule has 0 aromatic heterocycles. The van der Waals surface area contributed by atoms with Crippen LogP contribution in [0.25, 0.3) is 0 Å². The first-order valence-electron chi connectivity index (χ1n) is 6.03. The Kier molecular flexibility index (Phi) is 3.84. The van der Waals surface area contributed by atoms with Crippen molar-refractivity contribution in [3.63, 3.8) is 0 Å². The van der Waals surface area contributed by atoms with Gasteiger partial charge in [-0.15, -0.1) is 0 Å². The highest BCUT2D eigenvalue weighted by atomic mass is 32.2. The zero-order valence-electron chi connectivity index (χ0n) is 9.85. The molecule has 0 aromatic carbocycles. The van der Waals surface area contributed by atoms with Gasteiger partial charge in [-0.25, -0.2) is 0 Å². The molecule has 2 aliphatic rings. The first-order valence-corrected chi connectivity index (χ1v) is 7.42. The van der Waals surface area contributed by atoms with Crippen LogP contribution in [0.2, 0.25) is 0 Å². The lowest BCUT2D eigenvalue weighted by atomic mass is 9.95. The molecule has 5 nitrogen and oxygen atoms in total. The van der Waals surface area contributed by atoms with Crippen molar-refractivity contribution < 1.29 is 8.42 Å². The molecule has 2 saturated heterocycles. The van der Waals surface area contributed by atoms with Crippen LogP contribution in [0.4, 0.5) is 0 Å². The molecular formula is C10H21N3O2S. The van der Waals surface area contributed by atoms with Gasteiger partial charge in [0, 0.05) is 26.7 Å². The lowest BCUT2D eigenvalue weighted by molar-refractivity contribution is 0.319. The first-order chi connectivity index (χ1) is 7.60. The maximum Gasteiger partial charge on any atom is 0.281 e. The smallest absolute Gasteiger partial charge is 0.281 e. The van der Waals surface area contributed by atoms with Gasteiger partial charge in [0.2, 0.25) is 0 Å². The van der Waals surface area contributed by atoms with E-state index in [1.165, 1.54) is 17.1 Å².